The Kier molecular flexibility index (Phi) is 5.70. The molecule has 1 aromatic carbocycles. The summed E-state index contributed by atoms with van der Waals surface area (Å²) in [5.41, 5.74) is 0.430. The molecule has 2 aromatic rings. The fraction of sp³-hybridized carbons (Fsp3) is 0.545. The van der Waals surface area contributed by atoms with E-state index in [9.17, 15) is 4.79 Å². The molecule has 4 rings (SSSR count). The smallest absolute Gasteiger partial charge is 0.462 e. The van der Waals surface area contributed by atoms with Crippen molar-refractivity contribution in [3.63, 3.8) is 0 Å². The molecule has 2 aliphatic rings. The number of carbonyl (C=O) groups excluding carboxylic acids is 1. The molecule has 0 amide bonds. The number of benzene rings is 1. The van der Waals surface area contributed by atoms with Gasteiger partial charge in [-0.25, -0.2) is 9.18 Å². The van der Waals surface area contributed by atoms with Crippen LogP contribution in [0.5, 0.6) is 0 Å². The van der Waals surface area contributed by atoms with Gasteiger partial charge in [-0.3, -0.25) is 4.68 Å². The van der Waals surface area contributed by atoms with E-state index in [2.05, 4.69) is 5.10 Å². The van der Waals surface area contributed by atoms with E-state index in [4.69, 9.17) is 18.8 Å². The Morgan fingerprint density at radius 2 is 2.00 bits per heavy atom. The first-order chi connectivity index (χ1) is 14.6. The van der Waals surface area contributed by atoms with Gasteiger partial charge in [0.2, 0.25) is 0 Å². The Labute approximate surface area is 182 Å². The summed E-state index contributed by atoms with van der Waals surface area (Å²) in [6, 6.07) is 4.73. The van der Waals surface area contributed by atoms with Crippen LogP contribution in [-0.4, -0.2) is 53.9 Å². The third-order valence-electron chi connectivity index (χ3n) is 6.32. The fourth-order valence-corrected chi connectivity index (χ4v) is 3.83. The summed E-state index contributed by atoms with van der Waals surface area (Å²) in [5.74, 6) is -1.02. The lowest BCUT2D eigenvalue weighted by molar-refractivity contribution is 0.00578. The van der Waals surface area contributed by atoms with Crippen molar-refractivity contribution in [3.05, 3.63) is 35.8 Å². The van der Waals surface area contributed by atoms with Gasteiger partial charge in [0.05, 0.1) is 42.3 Å². The first-order valence-electron chi connectivity index (χ1n) is 10.6. The van der Waals surface area contributed by atoms with Crippen LogP contribution in [0, 0.1) is 5.82 Å². The number of rotatable bonds is 5. The van der Waals surface area contributed by atoms with Crippen LogP contribution in [0.2, 0.25) is 0 Å². The Hall–Kier alpha value is -2.23. The molecular formula is C22H28BFN2O5. The molecular weight excluding hydrogens is 402 g/mol. The molecule has 1 aromatic heterocycles. The van der Waals surface area contributed by atoms with Crippen molar-refractivity contribution in [2.75, 3.05) is 19.8 Å². The molecule has 3 heterocycles. The molecule has 0 saturated carbocycles. The number of esters is 1. The predicted molar refractivity (Wildman–Crippen MR) is 114 cm³/mol. The minimum atomic E-state index is -0.675. The zero-order valence-electron chi connectivity index (χ0n) is 18.6. The van der Waals surface area contributed by atoms with E-state index >= 15 is 4.39 Å². The number of nitrogens with zero attached hydrogens (tertiary/aromatic N) is 2. The van der Waals surface area contributed by atoms with Crippen LogP contribution >= 0.6 is 0 Å². The van der Waals surface area contributed by atoms with Crippen LogP contribution in [0.25, 0.3) is 11.3 Å². The van der Waals surface area contributed by atoms with Gasteiger partial charge in [-0.1, -0.05) is 12.1 Å². The molecule has 0 bridgehead atoms. The van der Waals surface area contributed by atoms with Crippen LogP contribution in [0.3, 0.4) is 0 Å². The predicted octanol–water partition coefficient (Wildman–Crippen LogP) is 3.13. The summed E-state index contributed by atoms with van der Waals surface area (Å²) in [6.45, 7) is 10.8. The van der Waals surface area contributed by atoms with Crippen LogP contribution in [-0.2, 0) is 18.8 Å². The van der Waals surface area contributed by atoms with Gasteiger partial charge in [0.1, 0.15) is 11.4 Å². The van der Waals surface area contributed by atoms with Crippen molar-refractivity contribution in [3.8, 4) is 11.3 Å². The highest BCUT2D eigenvalue weighted by Gasteiger charge is 2.51. The summed E-state index contributed by atoms with van der Waals surface area (Å²) in [6.07, 6.45) is 2.18. The monoisotopic (exact) mass is 430 g/mol. The number of aromatic nitrogens is 2. The lowest BCUT2D eigenvalue weighted by atomic mass is 9.78. The van der Waals surface area contributed by atoms with Gasteiger partial charge in [-0.15, -0.1) is 0 Å². The maximum atomic E-state index is 15.4. The van der Waals surface area contributed by atoms with Gasteiger partial charge in [-0.2, -0.15) is 5.10 Å². The number of halogens is 1. The number of carbonyl (C=O) groups is 1. The maximum absolute atomic E-state index is 15.4. The van der Waals surface area contributed by atoms with E-state index in [1.54, 1.807) is 23.7 Å². The largest absolute Gasteiger partial charge is 0.494 e. The molecule has 9 heteroatoms. The summed E-state index contributed by atoms with van der Waals surface area (Å²) in [4.78, 5) is 12.5. The van der Waals surface area contributed by atoms with E-state index in [0.717, 1.165) is 6.42 Å². The quantitative estimate of drug-likeness (QED) is 0.536. The molecule has 2 aliphatic heterocycles. The zero-order chi connectivity index (χ0) is 22.4. The first kappa shape index (κ1) is 22.0. The first-order valence-corrected chi connectivity index (χ1v) is 10.6. The zero-order valence-corrected chi connectivity index (χ0v) is 18.6. The number of ether oxygens (including phenoxy) is 2. The van der Waals surface area contributed by atoms with Gasteiger partial charge < -0.3 is 18.8 Å². The van der Waals surface area contributed by atoms with Gasteiger partial charge >= 0.3 is 13.1 Å². The molecule has 0 N–H and O–H groups in total. The van der Waals surface area contributed by atoms with Crippen LogP contribution in [0.1, 0.15) is 57.4 Å². The highest BCUT2D eigenvalue weighted by molar-refractivity contribution is 6.62. The van der Waals surface area contributed by atoms with Crippen molar-refractivity contribution >= 4 is 18.6 Å². The highest BCUT2D eigenvalue weighted by atomic mass is 19.1. The second-order valence-electron chi connectivity index (χ2n) is 8.92. The minimum absolute atomic E-state index is 0.0691. The Morgan fingerprint density at radius 3 is 2.58 bits per heavy atom. The van der Waals surface area contributed by atoms with E-state index in [1.807, 2.05) is 27.7 Å². The molecule has 2 fully saturated rings. The molecule has 1 unspecified atom stereocenters. The molecule has 7 nitrogen and oxygen atoms in total. The summed E-state index contributed by atoms with van der Waals surface area (Å²) < 4.78 is 39.8. The van der Waals surface area contributed by atoms with E-state index in [-0.39, 0.29) is 23.8 Å². The number of hydrogen-bond acceptors (Lipinski definition) is 6. The Morgan fingerprint density at radius 1 is 1.29 bits per heavy atom. The van der Waals surface area contributed by atoms with Crippen molar-refractivity contribution < 1.29 is 28.0 Å². The average Bonchev–Trinajstić information content (AvgIpc) is 3.40. The van der Waals surface area contributed by atoms with Crippen molar-refractivity contribution in [1.29, 1.82) is 0 Å². The van der Waals surface area contributed by atoms with Crippen molar-refractivity contribution in [2.24, 2.45) is 0 Å². The van der Waals surface area contributed by atoms with E-state index < -0.39 is 30.1 Å². The molecule has 0 spiro atoms. The Balaban J connectivity index is 1.73. The molecule has 31 heavy (non-hydrogen) atoms. The maximum Gasteiger partial charge on any atom is 0.494 e. The topological polar surface area (TPSA) is 71.8 Å². The third-order valence-corrected chi connectivity index (χ3v) is 6.32. The minimum Gasteiger partial charge on any atom is -0.462 e. The second kappa shape index (κ2) is 8.04. The molecule has 2 saturated heterocycles. The van der Waals surface area contributed by atoms with Crippen molar-refractivity contribution in [2.45, 2.75) is 58.3 Å². The van der Waals surface area contributed by atoms with E-state index in [1.165, 1.54) is 12.3 Å². The van der Waals surface area contributed by atoms with Crippen molar-refractivity contribution in [1.82, 2.24) is 9.78 Å². The van der Waals surface area contributed by atoms with Crippen LogP contribution < -0.4 is 5.46 Å². The molecule has 0 aliphatic carbocycles. The van der Waals surface area contributed by atoms with Gasteiger partial charge in [0.15, 0.2) is 0 Å². The third kappa shape index (κ3) is 3.90. The lowest BCUT2D eigenvalue weighted by Crippen LogP contribution is -2.41. The SMILES string of the molecule is CCOC(=O)c1cnn(C2CCOC2)c1-c1ccc(B2OC(C)(C)C(C)(C)O2)cc1F. The second-order valence-corrected chi connectivity index (χ2v) is 8.92. The number of hydrogen-bond donors (Lipinski definition) is 0. The van der Waals surface area contributed by atoms with Gasteiger partial charge in [0, 0.05) is 12.2 Å². The molecule has 1 atom stereocenters. The normalized spacial score (nSPS) is 22.1. The van der Waals surface area contributed by atoms with E-state index in [0.29, 0.717) is 24.4 Å². The fourth-order valence-electron chi connectivity index (χ4n) is 3.83. The summed E-state index contributed by atoms with van der Waals surface area (Å²) in [7, 11) is -0.675. The molecule has 166 valence electrons. The van der Waals surface area contributed by atoms with Gasteiger partial charge in [-0.05, 0) is 52.6 Å². The lowest BCUT2D eigenvalue weighted by Gasteiger charge is -2.32. The average molecular weight is 430 g/mol. The van der Waals surface area contributed by atoms with Gasteiger partial charge in [0.25, 0.3) is 0 Å². The van der Waals surface area contributed by atoms with Crippen LogP contribution in [0.15, 0.2) is 24.4 Å². The standard InChI is InChI=1S/C22H28BFN2O5/c1-6-29-20(27)17-12-25-26(15-9-10-28-13-15)19(17)16-8-7-14(11-18(16)24)23-30-21(2,3)22(4,5)31-23/h7-8,11-12,15H,6,9-10,13H2,1-5H3. The Bertz CT molecular complexity index is 968. The van der Waals surface area contributed by atoms with Crippen LogP contribution in [0.4, 0.5) is 4.39 Å². The molecule has 0 radical (unpaired) electrons. The summed E-state index contributed by atoms with van der Waals surface area (Å²) in [5, 5.41) is 4.38. The highest BCUT2D eigenvalue weighted by Crippen LogP contribution is 2.37. The summed E-state index contributed by atoms with van der Waals surface area (Å²) >= 11 is 0.